The zero-order chi connectivity index (χ0) is 17.0. The maximum Gasteiger partial charge on any atom is 0.119 e. The van der Waals surface area contributed by atoms with Gasteiger partial charge in [0.2, 0.25) is 0 Å². The van der Waals surface area contributed by atoms with Gasteiger partial charge in [-0.2, -0.15) is 10.5 Å². The molecule has 2 rings (SSSR count). The average molecular weight is 367 g/mol. The first-order valence-corrected chi connectivity index (χ1v) is 7.67. The summed E-state index contributed by atoms with van der Waals surface area (Å²) >= 11 is 18.4. The Bertz CT molecular complexity index is 821. The number of benzene rings is 2. The quantitative estimate of drug-likeness (QED) is 0.722. The number of ether oxygens (including phenoxy) is 1. The van der Waals surface area contributed by atoms with E-state index in [0.29, 0.717) is 12.3 Å². The highest BCUT2D eigenvalue weighted by molar-refractivity contribution is 6.47. The second-order valence-corrected chi connectivity index (χ2v) is 5.51. The molecule has 0 radical (unpaired) electrons. The molecule has 4 nitrogen and oxygen atoms in total. The highest BCUT2D eigenvalue weighted by Gasteiger charge is 2.21. The summed E-state index contributed by atoms with van der Waals surface area (Å²) in [5, 5.41) is 21.4. The van der Waals surface area contributed by atoms with Gasteiger partial charge in [0.15, 0.2) is 0 Å². The molecular weight excluding hydrogens is 357 g/mol. The van der Waals surface area contributed by atoms with E-state index in [2.05, 4.69) is 5.32 Å². The van der Waals surface area contributed by atoms with E-state index in [4.69, 9.17) is 44.8 Å². The van der Waals surface area contributed by atoms with E-state index < -0.39 is 0 Å². The van der Waals surface area contributed by atoms with Crippen LogP contribution in [0.1, 0.15) is 18.1 Å². The SMILES string of the molecule is CCOc1ccc(Nc2c(Cl)c(Cl)c(C#N)c(C#N)c2Cl)cc1. The Kier molecular flexibility index (Phi) is 5.58. The Balaban J connectivity index is 2.46. The van der Waals surface area contributed by atoms with Crippen molar-refractivity contribution in [3.63, 3.8) is 0 Å². The van der Waals surface area contributed by atoms with Gasteiger partial charge in [-0.25, -0.2) is 0 Å². The van der Waals surface area contributed by atoms with Crippen LogP contribution in [-0.4, -0.2) is 6.61 Å². The van der Waals surface area contributed by atoms with E-state index in [-0.39, 0.29) is 31.9 Å². The van der Waals surface area contributed by atoms with E-state index >= 15 is 0 Å². The highest BCUT2D eigenvalue weighted by atomic mass is 35.5. The van der Waals surface area contributed by atoms with Gasteiger partial charge in [0.1, 0.15) is 17.9 Å². The normalized spacial score (nSPS) is 9.83. The van der Waals surface area contributed by atoms with Crippen LogP contribution in [0, 0.1) is 22.7 Å². The monoisotopic (exact) mass is 365 g/mol. The number of nitrogens with zero attached hydrogens (tertiary/aromatic N) is 2. The summed E-state index contributed by atoms with van der Waals surface area (Å²) in [7, 11) is 0. The van der Waals surface area contributed by atoms with Crippen LogP contribution in [-0.2, 0) is 0 Å². The molecule has 23 heavy (non-hydrogen) atoms. The molecule has 0 aliphatic rings. The largest absolute Gasteiger partial charge is 0.494 e. The topological polar surface area (TPSA) is 68.8 Å². The minimum Gasteiger partial charge on any atom is -0.494 e. The third-order valence-electron chi connectivity index (χ3n) is 2.98. The van der Waals surface area contributed by atoms with Crippen molar-refractivity contribution in [1.82, 2.24) is 0 Å². The van der Waals surface area contributed by atoms with Gasteiger partial charge >= 0.3 is 0 Å². The van der Waals surface area contributed by atoms with Gasteiger partial charge in [-0.05, 0) is 31.2 Å². The van der Waals surface area contributed by atoms with Crippen molar-refractivity contribution in [2.45, 2.75) is 6.92 Å². The minimum absolute atomic E-state index is 0.0106. The van der Waals surface area contributed by atoms with Crippen molar-refractivity contribution in [3.05, 3.63) is 50.5 Å². The molecule has 1 N–H and O–H groups in total. The van der Waals surface area contributed by atoms with Crippen molar-refractivity contribution < 1.29 is 4.74 Å². The second kappa shape index (κ2) is 7.44. The van der Waals surface area contributed by atoms with E-state index in [1.807, 2.05) is 19.1 Å². The van der Waals surface area contributed by atoms with Crippen molar-refractivity contribution in [2.24, 2.45) is 0 Å². The molecule has 0 saturated heterocycles. The predicted octanol–water partition coefficient (Wildman–Crippen LogP) is 5.53. The number of rotatable bonds is 4. The smallest absolute Gasteiger partial charge is 0.119 e. The van der Waals surface area contributed by atoms with E-state index in [1.165, 1.54) is 0 Å². The first-order chi connectivity index (χ1) is 11.0. The van der Waals surface area contributed by atoms with Crippen LogP contribution < -0.4 is 10.1 Å². The van der Waals surface area contributed by atoms with Gasteiger partial charge in [-0.15, -0.1) is 0 Å². The summed E-state index contributed by atoms with van der Waals surface area (Å²) in [6, 6.07) is 10.8. The lowest BCUT2D eigenvalue weighted by molar-refractivity contribution is 0.340. The predicted molar refractivity (Wildman–Crippen MR) is 91.8 cm³/mol. The van der Waals surface area contributed by atoms with Crippen LogP contribution in [0.15, 0.2) is 24.3 Å². The second-order valence-electron chi connectivity index (χ2n) is 4.37. The van der Waals surface area contributed by atoms with Crippen molar-refractivity contribution in [2.75, 3.05) is 11.9 Å². The number of hydrogen-bond acceptors (Lipinski definition) is 4. The fourth-order valence-corrected chi connectivity index (χ4v) is 2.72. The zero-order valence-corrected chi connectivity index (χ0v) is 14.2. The molecule has 0 fully saturated rings. The summed E-state index contributed by atoms with van der Waals surface area (Å²) in [4.78, 5) is 0. The number of nitriles is 2. The fourth-order valence-electron chi connectivity index (χ4n) is 1.93. The van der Waals surface area contributed by atoms with E-state index in [1.54, 1.807) is 24.3 Å². The first kappa shape index (κ1) is 17.2. The van der Waals surface area contributed by atoms with Crippen LogP contribution in [0.2, 0.25) is 15.1 Å². The fraction of sp³-hybridized carbons (Fsp3) is 0.125. The molecule has 116 valence electrons. The third kappa shape index (κ3) is 3.46. The Hall–Kier alpha value is -2.11. The number of nitrogens with one attached hydrogen (secondary N) is 1. The molecule has 0 heterocycles. The number of anilines is 2. The lowest BCUT2D eigenvalue weighted by Crippen LogP contribution is -1.98. The molecule has 0 saturated carbocycles. The summed E-state index contributed by atoms with van der Waals surface area (Å²) in [6.45, 7) is 2.47. The Morgan fingerprint density at radius 3 is 2.04 bits per heavy atom. The van der Waals surface area contributed by atoms with Crippen molar-refractivity contribution in [3.8, 4) is 17.9 Å². The van der Waals surface area contributed by atoms with Gasteiger partial charge in [0.25, 0.3) is 0 Å². The maximum absolute atomic E-state index is 9.20. The van der Waals surface area contributed by atoms with Crippen molar-refractivity contribution in [1.29, 1.82) is 10.5 Å². The highest BCUT2D eigenvalue weighted by Crippen LogP contribution is 2.42. The Morgan fingerprint density at radius 2 is 1.52 bits per heavy atom. The molecule has 7 heteroatoms. The lowest BCUT2D eigenvalue weighted by atomic mass is 10.1. The summed E-state index contributed by atoms with van der Waals surface area (Å²) < 4.78 is 5.36. The molecule has 0 unspecified atom stereocenters. The van der Waals surface area contributed by atoms with Gasteiger partial charge < -0.3 is 10.1 Å². The van der Waals surface area contributed by atoms with Crippen LogP contribution in [0.5, 0.6) is 5.75 Å². The van der Waals surface area contributed by atoms with Crippen LogP contribution in [0.3, 0.4) is 0 Å². The van der Waals surface area contributed by atoms with Crippen LogP contribution in [0.25, 0.3) is 0 Å². The summed E-state index contributed by atoms with van der Waals surface area (Å²) in [5.74, 6) is 0.728. The van der Waals surface area contributed by atoms with Crippen LogP contribution in [0.4, 0.5) is 11.4 Å². The Labute approximate surface area is 148 Å². The van der Waals surface area contributed by atoms with Gasteiger partial charge in [0.05, 0.1) is 38.5 Å². The molecule has 0 aliphatic carbocycles. The van der Waals surface area contributed by atoms with Gasteiger partial charge in [-0.1, -0.05) is 34.8 Å². The molecule has 2 aromatic carbocycles. The standard InChI is InChI=1S/C16H10Cl3N3O/c1-2-23-10-5-3-9(4-6-10)22-16-14(18)12(8-21)11(7-20)13(17)15(16)19/h3-6,22H,2H2,1H3. The van der Waals surface area contributed by atoms with E-state index in [0.717, 1.165) is 5.75 Å². The molecule has 2 aromatic rings. The molecular formula is C16H10Cl3N3O. The van der Waals surface area contributed by atoms with Gasteiger partial charge in [-0.3, -0.25) is 0 Å². The summed E-state index contributed by atoms with van der Waals surface area (Å²) in [6.07, 6.45) is 0. The summed E-state index contributed by atoms with van der Waals surface area (Å²) in [5.41, 5.74) is 0.901. The Morgan fingerprint density at radius 1 is 0.957 bits per heavy atom. The minimum atomic E-state index is -0.0404. The van der Waals surface area contributed by atoms with Crippen LogP contribution >= 0.6 is 34.8 Å². The van der Waals surface area contributed by atoms with E-state index in [9.17, 15) is 5.26 Å². The average Bonchev–Trinajstić information content (AvgIpc) is 2.56. The van der Waals surface area contributed by atoms with Crippen molar-refractivity contribution >= 4 is 46.2 Å². The van der Waals surface area contributed by atoms with Gasteiger partial charge in [0, 0.05) is 5.69 Å². The molecule has 0 spiro atoms. The zero-order valence-electron chi connectivity index (χ0n) is 12.0. The molecule has 0 amide bonds. The molecule has 0 atom stereocenters. The molecule has 0 aliphatic heterocycles. The number of hydrogen-bond donors (Lipinski definition) is 1. The lowest BCUT2D eigenvalue weighted by Gasteiger charge is -2.14. The third-order valence-corrected chi connectivity index (χ3v) is 4.21. The molecule has 0 aromatic heterocycles. The maximum atomic E-state index is 9.20. The number of halogens is 3. The molecule has 0 bridgehead atoms. The first-order valence-electron chi connectivity index (χ1n) is 6.54.